The number of halogens is 2. The van der Waals surface area contributed by atoms with Gasteiger partial charge < -0.3 is 10.3 Å². The molecule has 1 heterocycles. The highest BCUT2D eigenvalue weighted by Gasteiger charge is 2.11. The van der Waals surface area contributed by atoms with Crippen molar-refractivity contribution in [3.05, 3.63) is 51.8 Å². The molecule has 2 rings (SSSR count). The van der Waals surface area contributed by atoms with E-state index in [-0.39, 0.29) is 5.82 Å². The van der Waals surface area contributed by atoms with E-state index >= 15 is 0 Å². The summed E-state index contributed by atoms with van der Waals surface area (Å²) in [5.41, 5.74) is 7.70. The molecular formula is C13H15BrFN3. The lowest BCUT2D eigenvalue weighted by molar-refractivity contribution is 0.627. The molecule has 0 atom stereocenters. The van der Waals surface area contributed by atoms with E-state index in [1.165, 1.54) is 12.1 Å². The maximum absolute atomic E-state index is 12.8. The van der Waals surface area contributed by atoms with E-state index in [2.05, 4.69) is 20.9 Å². The fourth-order valence-electron chi connectivity index (χ4n) is 1.84. The summed E-state index contributed by atoms with van der Waals surface area (Å²) in [6.45, 7) is 0.422. The Morgan fingerprint density at radius 3 is 2.50 bits per heavy atom. The zero-order valence-corrected chi connectivity index (χ0v) is 11.7. The van der Waals surface area contributed by atoms with Gasteiger partial charge in [0.2, 0.25) is 0 Å². The van der Waals surface area contributed by atoms with Crippen LogP contribution in [0.1, 0.15) is 17.1 Å². The second-order valence-corrected chi connectivity index (χ2v) is 4.91. The monoisotopic (exact) mass is 311 g/mol. The van der Waals surface area contributed by atoms with Crippen molar-refractivity contribution in [2.75, 3.05) is 0 Å². The molecule has 96 valence electrons. The van der Waals surface area contributed by atoms with Crippen LogP contribution in [0, 0.1) is 5.82 Å². The van der Waals surface area contributed by atoms with Gasteiger partial charge in [0.1, 0.15) is 16.2 Å². The molecule has 0 aliphatic rings. The highest BCUT2D eigenvalue weighted by atomic mass is 79.9. The van der Waals surface area contributed by atoms with Crippen molar-refractivity contribution in [1.82, 2.24) is 9.55 Å². The first kappa shape index (κ1) is 13.2. The zero-order valence-electron chi connectivity index (χ0n) is 10.2. The summed E-state index contributed by atoms with van der Waals surface area (Å²) >= 11 is 3.51. The summed E-state index contributed by atoms with van der Waals surface area (Å²) in [5, 5.41) is 0. The summed E-state index contributed by atoms with van der Waals surface area (Å²) in [6, 6.07) is 6.56. The molecule has 2 N–H and O–H groups in total. The van der Waals surface area contributed by atoms with Gasteiger partial charge in [0, 0.05) is 7.05 Å². The smallest absolute Gasteiger partial charge is 0.123 e. The van der Waals surface area contributed by atoms with Crippen molar-refractivity contribution in [3.8, 4) is 0 Å². The van der Waals surface area contributed by atoms with Gasteiger partial charge in [-0.1, -0.05) is 12.1 Å². The highest BCUT2D eigenvalue weighted by Crippen LogP contribution is 2.19. The molecule has 0 aliphatic carbocycles. The Balaban J connectivity index is 2.08. The maximum atomic E-state index is 12.8. The van der Waals surface area contributed by atoms with E-state index in [1.54, 1.807) is 12.1 Å². The number of hydrogen-bond donors (Lipinski definition) is 1. The van der Waals surface area contributed by atoms with Crippen LogP contribution in [0.4, 0.5) is 4.39 Å². The molecule has 0 unspecified atom stereocenters. The van der Waals surface area contributed by atoms with Crippen LogP contribution in [-0.4, -0.2) is 9.55 Å². The molecule has 1 aromatic heterocycles. The first-order valence-electron chi connectivity index (χ1n) is 5.76. The van der Waals surface area contributed by atoms with Crippen LogP contribution in [-0.2, 0) is 26.4 Å². The molecule has 0 spiro atoms. The molecule has 0 saturated carbocycles. The van der Waals surface area contributed by atoms with Gasteiger partial charge in [-0.15, -0.1) is 0 Å². The minimum atomic E-state index is -0.205. The molecular weight excluding hydrogens is 297 g/mol. The van der Waals surface area contributed by atoms with Crippen LogP contribution in [0.15, 0.2) is 28.9 Å². The topological polar surface area (TPSA) is 43.8 Å². The van der Waals surface area contributed by atoms with Crippen molar-refractivity contribution < 1.29 is 4.39 Å². The number of nitrogens with zero attached hydrogens (tertiary/aromatic N) is 2. The van der Waals surface area contributed by atoms with Gasteiger partial charge >= 0.3 is 0 Å². The van der Waals surface area contributed by atoms with Crippen molar-refractivity contribution in [2.24, 2.45) is 12.8 Å². The lowest BCUT2D eigenvalue weighted by Crippen LogP contribution is -2.04. The second-order valence-electron chi connectivity index (χ2n) is 4.16. The summed E-state index contributed by atoms with van der Waals surface area (Å²) in [4.78, 5) is 4.48. The Hall–Kier alpha value is -1.20. The van der Waals surface area contributed by atoms with Gasteiger partial charge in [-0.25, -0.2) is 9.37 Å². The number of imidazole rings is 1. The van der Waals surface area contributed by atoms with Crippen LogP contribution in [0.2, 0.25) is 0 Å². The summed E-state index contributed by atoms with van der Waals surface area (Å²) in [5.74, 6) is 0.652. The van der Waals surface area contributed by atoms with Crippen LogP contribution >= 0.6 is 15.9 Å². The number of aryl methyl sites for hydroxylation is 2. The molecule has 0 amide bonds. The fraction of sp³-hybridized carbons (Fsp3) is 0.308. The molecule has 1 aromatic carbocycles. The van der Waals surface area contributed by atoms with Crippen LogP contribution in [0.5, 0.6) is 0 Å². The first-order valence-corrected chi connectivity index (χ1v) is 6.55. The third-order valence-corrected chi connectivity index (χ3v) is 3.92. The van der Waals surface area contributed by atoms with Crippen LogP contribution in [0.3, 0.4) is 0 Å². The average molecular weight is 312 g/mol. The minimum Gasteiger partial charge on any atom is -0.325 e. The van der Waals surface area contributed by atoms with E-state index in [4.69, 9.17) is 5.73 Å². The van der Waals surface area contributed by atoms with E-state index in [1.807, 2.05) is 11.6 Å². The van der Waals surface area contributed by atoms with Gasteiger partial charge in [0.15, 0.2) is 0 Å². The van der Waals surface area contributed by atoms with Crippen molar-refractivity contribution in [2.45, 2.75) is 19.4 Å². The van der Waals surface area contributed by atoms with E-state index in [0.717, 1.165) is 34.5 Å². The zero-order chi connectivity index (χ0) is 13.1. The number of hydrogen-bond acceptors (Lipinski definition) is 2. The molecule has 0 saturated heterocycles. The van der Waals surface area contributed by atoms with Crippen molar-refractivity contribution >= 4 is 15.9 Å². The predicted octanol–water partition coefficient (Wildman–Crippen LogP) is 2.57. The standard InChI is InChI=1S/C13H15BrFN3/c1-18-12(8-16)17-11(13(18)14)7-4-9-2-5-10(15)6-3-9/h2-3,5-6H,4,7-8,16H2,1H3. The van der Waals surface area contributed by atoms with Gasteiger partial charge in [-0.05, 0) is 46.5 Å². The summed E-state index contributed by atoms with van der Waals surface area (Å²) < 4.78 is 15.7. The molecule has 2 aromatic rings. The minimum absolute atomic E-state index is 0.205. The summed E-state index contributed by atoms with van der Waals surface area (Å²) in [7, 11) is 1.93. The Bertz CT molecular complexity index is 534. The van der Waals surface area contributed by atoms with E-state index in [0.29, 0.717) is 6.54 Å². The Morgan fingerprint density at radius 1 is 1.28 bits per heavy atom. The normalized spacial score (nSPS) is 10.9. The third-order valence-electron chi connectivity index (χ3n) is 2.93. The molecule has 5 heteroatoms. The SMILES string of the molecule is Cn1c(CN)nc(CCc2ccc(F)cc2)c1Br. The maximum Gasteiger partial charge on any atom is 0.123 e. The third kappa shape index (κ3) is 2.79. The Kier molecular flexibility index (Phi) is 4.14. The molecule has 3 nitrogen and oxygen atoms in total. The molecule has 0 bridgehead atoms. The Morgan fingerprint density at radius 2 is 1.94 bits per heavy atom. The lowest BCUT2D eigenvalue weighted by Gasteiger charge is -2.00. The van der Waals surface area contributed by atoms with E-state index in [9.17, 15) is 4.39 Å². The molecule has 0 radical (unpaired) electrons. The predicted molar refractivity (Wildman–Crippen MR) is 72.6 cm³/mol. The highest BCUT2D eigenvalue weighted by molar-refractivity contribution is 9.10. The summed E-state index contributed by atoms with van der Waals surface area (Å²) in [6.07, 6.45) is 1.64. The second kappa shape index (κ2) is 5.63. The van der Waals surface area contributed by atoms with Crippen molar-refractivity contribution in [1.29, 1.82) is 0 Å². The fourth-order valence-corrected chi connectivity index (χ4v) is 2.33. The van der Waals surface area contributed by atoms with Crippen LogP contribution < -0.4 is 5.73 Å². The first-order chi connectivity index (χ1) is 8.61. The average Bonchev–Trinajstić information content (AvgIpc) is 2.65. The van der Waals surface area contributed by atoms with Gasteiger partial charge in [-0.2, -0.15) is 0 Å². The Labute approximate surface area is 114 Å². The van der Waals surface area contributed by atoms with Crippen molar-refractivity contribution in [3.63, 3.8) is 0 Å². The van der Waals surface area contributed by atoms with E-state index < -0.39 is 0 Å². The van der Waals surface area contributed by atoms with Gasteiger partial charge in [0.05, 0.1) is 12.2 Å². The van der Waals surface area contributed by atoms with Gasteiger partial charge in [-0.3, -0.25) is 0 Å². The molecule has 18 heavy (non-hydrogen) atoms. The number of nitrogens with two attached hydrogens (primary N) is 1. The lowest BCUT2D eigenvalue weighted by atomic mass is 10.1. The number of benzene rings is 1. The molecule has 0 fully saturated rings. The largest absolute Gasteiger partial charge is 0.325 e. The molecule has 0 aliphatic heterocycles. The number of aromatic nitrogens is 2. The quantitative estimate of drug-likeness (QED) is 0.943. The van der Waals surface area contributed by atoms with Crippen LogP contribution in [0.25, 0.3) is 0 Å². The number of rotatable bonds is 4. The van der Waals surface area contributed by atoms with Gasteiger partial charge in [0.25, 0.3) is 0 Å².